The molecule has 0 spiro atoms. The molecule has 0 radical (unpaired) electrons. The van der Waals surface area contributed by atoms with E-state index in [2.05, 4.69) is 25.2 Å². The lowest BCUT2D eigenvalue weighted by molar-refractivity contribution is -0.109. The van der Waals surface area contributed by atoms with Crippen LogP contribution in [-0.2, 0) is 9.53 Å². The second kappa shape index (κ2) is 15.4. The van der Waals surface area contributed by atoms with E-state index in [9.17, 15) is 19.9 Å². The van der Waals surface area contributed by atoms with E-state index in [1.807, 2.05) is 24.1 Å². The number of hydrogen-bond acceptors (Lipinski definition) is 7. The third-order valence-corrected chi connectivity index (χ3v) is 6.92. The summed E-state index contributed by atoms with van der Waals surface area (Å²) in [6.07, 6.45) is 10.9. The summed E-state index contributed by atoms with van der Waals surface area (Å²) in [7, 11) is 0. The fraction of sp³-hybridized carbons (Fsp3) is 0.324. The fourth-order valence-corrected chi connectivity index (χ4v) is 4.68. The average Bonchev–Trinajstić information content (AvgIpc) is 2.97. The summed E-state index contributed by atoms with van der Waals surface area (Å²) < 4.78 is 5.50. The number of aromatic hydroxyl groups is 1. The molecule has 1 aliphatic rings. The largest absolute Gasteiger partial charge is 0.508 e. The van der Waals surface area contributed by atoms with Gasteiger partial charge in [-0.3, -0.25) is 9.59 Å². The molecule has 0 bridgehead atoms. The Bertz CT molecular complexity index is 1350. The van der Waals surface area contributed by atoms with Gasteiger partial charge in [0.15, 0.2) is 5.78 Å². The van der Waals surface area contributed by atoms with Crippen molar-refractivity contribution < 1.29 is 24.6 Å². The number of carbonyl (C=O) groups is 2. The van der Waals surface area contributed by atoms with Crippen LogP contribution in [0.4, 0.5) is 5.69 Å². The summed E-state index contributed by atoms with van der Waals surface area (Å²) in [6.45, 7) is 13.4. The number of phenolic OH excluding ortho intramolecular Hbond substituents is 1. The van der Waals surface area contributed by atoms with Crippen LogP contribution in [0.2, 0.25) is 0 Å². The van der Waals surface area contributed by atoms with Gasteiger partial charge in [-0.1, -0.05) is 44.5 Å². The van der Waals surface area contributed by atoms with Crippen LogP contribution in [0.5, 0.6) is 5.75 Å². The van der Waals surface area contributed by atoms with E-state index in [1.54, 1.807) is 36.4 Å². The fourth-order valence-electron chi connectivity index (χ4n) is 4.68. The van der Waals surface area contributed by atoms with Crippen LogP contribution >= 0.6 is 0 Å². The van der Waals surface area contributed by atoms with Gasteiger partial charge in [-0.2, -0.15) is 0 Å². The summed E-state index contributed by atoms with van der Waals surface area (Å²) in [6, 6.07) is 11.5. The number of oxime groups is 1. The molecule has 0 fully saturated rings. The highest BCUT2D eigenvalue weighted by molar-refractivity contribution is 6.46. The molecule has 1 heterocycles. The van der Waals surface area contributed by atoms with Gasteiger partial charge in [-0.15, -0.1) is 0 Å². The molecule has 2 aromatic carbocycles. The zero-order valence-electron chi connectivity index (χ0n) is 24.1. The number of carbonyl (C=O) groups excluding carboxylic acids is 2. The Hall–Kier alpha value is -4.39. The van der Waals surface area contributed by atoms with Crippen molar-refractivity contribution >= 4 is 28.5 Å². The van der Waals surface area contributed by atoms with Crippen molar-refractivity contribution in [2.45, 2.75) is 58.8 Å². The van der Waals surface area contributed by atoms with Crippen LogP contribution in [0.3, 0.4) is 0 Å². The molecule has 2 aromatic rings. The second-order valence-corrected chi connectivity index (χ2v) is 10.0. The van der Waals surface area contributed by atoms with Crippen LogP contribution in [0, 0.1) is 0 Å². The number of hydrogen-bond donors (Lipinski definition) is 2. The van der Waals surface area contributed by atoms with Crippen LogP contribution in [-0.4, -0.2) is 40.7 Å². The zero-order chi connectivity index (χ0) is 29.8. The molecule has 0 amide bonds. The molecule has 7 heteroatoms. The highest BCUT2D eigenvalue weighted by Crippen LogP contribution is 2.33. The Morgan fingerprint density at radius 3 is 2.39 bits per heavy atom. The maximum Gasteiger partial charge on any atom is 0.210 e. The monoisotopic (exact) mass is 556 g/mol. The van der Waals surface area contributed by atoms with Gasteiger partial charge in [0.2, 0.25) is 5.78 Å². The predicted molar refractivity (Wildman–Crippen MR) is 165 cm³/mol. The average molecular weight is 557 g/mol. The number of benzene rings is 2. The number of phenols is 1. The summed E-state index contributed by atoms with van der Waals surface area (Å²) in [5.41, 5.74) is 3.47. The number of rotatable bonds is 15. The molecule has 0 saturated heterocycles. The Morgan fingerprint density at radius 1 is 0.976 bits per heavy atom. The van der Waals surface area contributed by atoms with Gasteiger partial charge in [0, 0.05) is 47.1 Å². The Labute approximate surface area is 242 Å². The normalized spacial score (nSPS) is 15.3. The van der Waals surface area contributed by atoms with Gasteiger partial charge in [0.25, 0.3) is 0 Å². The Balaban J connectivity index is 1.97. The van der Waals surface area contributed by atoms with Gasteiger partial charge < -0.3 is 20.0 Å². The molecule has 1 aliphatic heterocycles. The highest BCUT2D eigenvalue weighted by Gasteiger charge is 2.21. The lowest BCUT2D eigenvalue weighted by Gasteiger charge is -2.26. The first-order valence-electron chi connectivity index (χ1n) is 14.2. The Morgan fingerprint density at radius 2 is 1.71 bits per heavy atom. The minimum Gasteiger partial charge on any atom is -0.508 e. The first-order chi connectivity index (χ1) is 19.8. The molecule has 7 nitrogen and oxygen atoms in total. The van der Waals surface area contributed by atoms with Gasteiger partial charge in [-0.25, -0.2) is 0 Å². The maximum absolute atomic E-state index is 13.4. The Kier molecular flexibility index (Phi) is 11.7. The summed E-state index contributed by atoms with van der Waals surface area (Å²) in [5, 5.41) is 22.6. The van der Waals surface area contributed by atoms with Gasteiger partial charge in [-0.05, 0) is 86.4 Å². The van der Waals surface area contributed by atoms with E-state index in [0.717, 1.165) is 37.8 Å². The summed E-state index contributed by atoms with van der Waals surface area (Å²) in [5.74, 6) is 0.248. The molecule has 0 saturated carbocycles. The first-order valence-corrected chi connectivity index (χ1v) is 14.2. The number of fused-ring (bicyclic) bond motifs is 1. The maximum atomic E-state index is 13.4. The van der Waals surface area contributed by atoms with Gasteiger partial charge in [0.1, 0.15) is 11.5 Å². The molecule has 216 valence electrons. The lowest BCUT2D eigenvalue weighted by atomic mass is 9.93. The van der Waals surface area contributed by atoms with Crippen molar-refractivity contribution in [3.05, 3.63) is 102 Å². The molecular weight excluding hydrogens is 516 g/mol. The number of ether oxygens (including phenoxy) is 1. The molecule has 3 rings (SSSR count). The minimum atomic E-state index is -0.356. The van der Waals surface area contributed by atoms with E-state index in [-0.39, 0.29) is 23.0 Å². The third-order valence-electron chi connectivity index (χ3n) is 6.92. The van der Waals surface area contributed by atoms with Crippen molar-refractivity contribution in [1.29, 1.82) is 0 Å². The number of allylic oxidation sites excluding steroid dienone is 5. The molecule has 0 atom stereocenters. The van der Waals surface area contributed by atoms with Crippen molar-refractivity contribution in [3.8, 4) is 5.75 Å². The van der Waals surface area contributed by atoms with E-state index >= 15 is 0 Å². The molecule has 41 heavy (non-hydrogen) atoms. The molecular formula is C34H40N2O5. The topological polar surface area (TPSA) is 99.4 Å². The van der Waals surface area contributed by atoms with Crippen LogP contribution in [0.15, 0.2) is 90.5 Å². The van der Waals surface area contributed by atoms with E-state index < -0.39 is 0 Å². The van der Waals surface area contributed by atoms with E-state index in [1.165, 1.54) is 12.1 Å². The van der Waals surface area contributed by atoms with E-state index in [4.69, 9.17) is 4.74 Å². The van der Waals surface area contributed by atoms with Crippen LogP contribution < -0.4 is 4.90 Å². The second-order valence-electron chi connectivity index (χ2n) is 10.0. The number of nitrogens with zero attached hydrogens (tertiary/aromatic N) is 2. The summed E-state index contributed by atoms with van der Waals surface area (Å²) in [4.78, 5) is 28.7. The molecule has 0 aromatic heterocycles. The van der Waals surface area contributed by atoms with Gasteiger partial charge >= 0.3 is 0 Å². The quantitative estimate of drug-likeness (QED) is 0.0585. The number of unbranched alkanes of at least 4 members (excludes halogenated alkanes) is 3. The van der Waals surface area contributed by atoms with Crippen LogP contribution in [0.25, 0.3) is 5.57 Å². The number of Topliss-reactive ketones (excluding diaryl/α,β-unsaturated/α-hetero) is 1. The zero-order valence-corrected chi connectivity index (χ0v) is 24.1. The number of anilines is 1. The van der Waals surface area contributed by atoms with Crippen molar-refractivity contribution in [1.82, 2.24) is 0 Å². The predicted octanol–water partition coefficient (Wildman–Crippen LogP) is 7.60. The smallest absolute Gasteiger partial charge is 0.210 e. The molecule has 2 N–H and O–H groups in total. The standard InChI is InChI=1S/C34H40N2O5/c1-5-7-8-9-12-31(35-40)34(39)28-19-21-36(20-10-11-25(4)41-6-2)32-18-15-27(23-30(32)24(3)22-28)33(38)26-13-16-29(37)17-14-26/h13-19,21-23,37,40H,3-12,20H2,1-2H3/b21-19-,28-22+,35-31+. The summed E-state index contributed by atoms with van der Waals surface area (Å²) >= 11 is 0. The minimum absolute atomic E-state index is 0.0843. The third kappa shape index (κ3) is 8.55. The lowest BCUT2D eigenvalue weighted by Crippen LogP contribution is -2.22. The van der Waals surface area contributed by atoms with E-state index in [0.29, 0.717) is 59.6 Å². The van der Waals surface area contributed by atoms with Crippen molar-refractivity contribution in [3.63, 3.8) is 0 Å². The van der Waals surface area contributed by atoms with Crippen LogP contribution in [0.1, 0.15) is 80.3 Å². The van der Waals surface area contributed by atoms with Crippen molar-refractivity contribution in [2.24, 2.45) is 5.16 Å². The number of ketones is 2. The molecule has 0 aliphatic carbocycles. The first kappa shape index (κ1) is 31.1. The van der Waals surface area contributed by atoms with Gasteiger partial charge in [0.05, 0.1) is 12.4 Å². The SMILES string of the molecule is C=C(CCCN1/C=C\C(C(=O)/C(CCCCCC)=N/O)=C/C(=C)c2cc(C(=O)c3ccc(O)cc3)ccc21)OCC. The highest BCUT2D eigenvalue weighted by atomic mass is 16.5. The van der Waals surface area contributed by atoms with Crippen molar-refractivity contribution in [2.75, 3.05) is 18.1 Å². The molecule has 0 unspecified atom stereocenters.